The second kappa shape index (κ2) is 13.0. The van der Waals surface area contributed by atoms with Crippen molar-refractivity contribution in [3.63, 3.8) is 0 Å². The van der Waals surface area contributed by atoms with Crippen LogP contribution >= 0.6 is 11.6 Å². The largest absolute Gasteiger partial charge is 0.352 e. The summed E-state index contributed by atoms with van der Waals surface area (Å²) < 4.78 is 26.5. The van der Waals surface area contributed by atoms with Crippen molar-refractivity contribution >= 4 is 51.5 Å². The van der Waals surface area contributed by atoms with Gasteiger partial charge in [0.15, 0.2) is 0 Å². The van der Waals surface area contributed by atoms with Gasteiger partial charge in [-0.1, -0.05) is 48.6 Å². The topological polar surface area (TPSA) is 95.6 Å². The molecule has 0 aromatic heterocycles. The van der Waals surface area contributed by atoms with Crippen LogP contribution in [0.5, 0.6) is 0 Å². The Morgan fingerprint density at radius 2 is 1.75 bits per heavy atom. The molecule has 0 heterocycles. The number of hydrogen-bond donors (Lipinski definition) is 2. The van der Waals surface area contributed by atoms with Crippen LogP contribution in [0.4, 0.5) is 15.8 Å². The van der Waals surface area contributed by atoms with E-state index in [9.17, 15) is 23.0 Å². The predicted octanol–water partition coefficient (Wildman–Crippen LogP) is 4.35. The maximum atomic E-state index is 13.8. The molecule has 0 aliphatic heterocycles. The summed E-state index contributed by atoms with van der Waals surface area (Å²) in [7, 11) is -1.84. The molecular weight excluding hydrogens is 505 g/mol. The molecule has 0 saturated heterocycles. The van der Waals surface area contributed by atoms with Crippen LogP contribution < -0.4 is 15.5 Å². The third-order valence-electron chi connectivity index (χ3n) is 6.08. The van der Waals surface area contributed by atoms with Crippen LogP contribution in [0.2, 0.25) is 5.02 Å². The van der Waals surface area contributed by atoms with E-state index >= 15 is 0 Å². The van der Waals surface area contributed by atoms with E-state index in [0.29, 0.717) is 5.69 Å². The van der Waals surface area contributed by atoms with Gasteiger partial charge in [0.2, 0.25) is 17.7 Å². The van der Waals surface area contributed by atoms with Crippen LogP contribution in [0.15, 0.2) is 42.5 Å². The summed E-state index contributed by atoms with van der Waals surface area (Å²) in [6.45, 7) is 3.48. The number of nitrogens with zero attached hydrogens (tertiary/aromatic N) is 1. The summed E-state index contributed by atoms with van der Waals surface area (Å²) in [5.41, 5.74) is 1.80. The quantitative estimate of drug-likeness (QED) is 0.499. The van der Waals surface area contributed by atoms with Crippen molar-refractivity contribution in [1.82, 2.24) is 5.32 Å². The molecule has 7 nitrogen and oxygen atoms in total. The molecule has 3 rings (SSSR count). The molecule has 10 heteroatoms. The Labute approximate surface area is 218 Å². The lowest BCUT2D eigenvalue weighted by molar-refractivity contribution is -0.126. The van der Waals surface area contributed by atoms with Gasteiger partial charge < -0.3 is 10.6 Å². The molecule has 2 atom stereocenters. The van der Waals surface area contributed by atoms with Gasteiger partial charge in [-0.05, 0) is 57.0 Å². The molecule has 1 aliphatic rings. The summed E-state index contributed by atoms with van der Waals surface area (Å²) in [6.07, 6.45) is 4.92. The number of nitrogens with one attached hydrogen (secondary N) is 2. The average molecular weight is 536 g/mol. The Balaban J connectivity index is 1.70. The minimum Gasteiger partial charge on any atom is -0.352 e. The van der Waals surface area contributed by atoms with E-state index in [-0.39, 0.29) is 28.4 Å². The number of benzene rings is 2. The Bertz CT molecular complexity index is 1120. The van der Waals surface area contributed by atoms with Gasteiger partial charge >= 0.3 is 0 Å². The molecular formula is C26H31ClFN3O4S. The van der Waals surface area contributed by atoms with E-state index in [4.69, 9.17) is 11.6 Å². The van der Waals surface area contributed by atoms with Crippen molar-refractivity contribution in [2.45, 2.75) is 58.0 Å². The highest BCUT2D eigenvalue weighted by molar-refractivity contribution is 7.86. The van der Waals surface area contributed by atoms with Gasteiger partial charge in [-0.15, -0.1) is 0 Å². The first kappa shape index (κ1) is 27.8. The molecule has 2 aromatic rings. The zero-order valence-corrected chi connectivity index (χ0v) is 22.0. The van der Waals surface area contributed by atoms with Crippen molar-refractivity contribution in [3.8, 4) is 0 Å². The van der Waals surface area contributed by atoms with E-state index in [1.54, 1.807) is 19.1 Å². The highest BCUT2D eigenvalue weighted by Crippen LogP contribution is 2.25. The molecule has 1 saturated carbocycles. The van der Waals surface area contributed by atoms with E-state index < -0.39 is 40.2 Å². The first-order valence-electron chi connectivity index (χ1n) is 11.9. The zero-order valence-electron chi connectivity index (χ0n) is 20.4. The summed E-state index contributed by atoms with van der Waals surface area (Å²) in [6, 6.07) is 9.91. The third-order valence-corrected chi connectivity index (χ3v) is 7.52. The summed E-state index contributed by atoms with van der Waals surface area (Å²) in [4.78, 5) is 39.8. The number of amides is 3. The van der Waals surface area contributed by atoms with Crippen molar-refractivity contribution in [3.05, 3.63) is 58.9 Å². The second-order valence-electron chi connectivity index (χ2n) is 9.02. The van der Waals surface area contributed by atoms with Crippen molar-refractivity contribution in [1.29, 1.82) is 0 Å². The normalized spacial score (nSPS) is 15.6. The number of halogens is 2. The van der Waals surface area contributed by atoms with E-state index in [2.05, 4.69) is 10.6 Å². The van der Waals surface area contributed by atoms with Gasteiger partial charge in [-0.2, -0.15) is 0 Å². The molecule has 2 aromatic carbocycles. The van der Waals surface area contributed by atoms with Crippen molar-refractivity contribution < 1.29 is 23.0 Å². The van der Waals surface area contributed by atoms with E-state index in [1.165, 1.54) is 17.0 Å². The molecule has 2 N–H and O–H groups in total. The van der Waals surface area contributed by atoms with Gasteiger partial charge in [0, 0.05) is 28.2 Å². The number of aryl methyl sites for hydroxylation is 1. The second-order valence-corrected chi connectivity index (χ2v) is 10.9. The van der Waals surface area contributed by atoms with Gasteiger partial charge in [0.05, 0.1) is 5.02 Å². The zero-order chi connectivity index (χ0) is 26.2. The maximum Gasteiger partial charge on any atom is 0.243 e. The van der Waals surface area contributed by atoms with Gasteiger partial charge in [0.25, 0.3) is 0 Å². The number of carbonyl (C=O) groups is 3. The highest BCUT2D eigenvalue weighted by atomic mass is 35.5. The van der Waals surface area contributed by atoms with Crippen LogP contribution in [0, 0.1) is 12.7 Å². The Morgan fingerprint density at radius 3 is 2.39 bits per heavy atom. The summed E-state index contributed by atoms with van der Waals surface area (Å²) in [5.74, 6) is -3.03. The molecule has 2 unspecified atom stereocenters. The Morgan fingerprint density at radius 1 is 1.08 bits per heavy atom. The first-order valence-corrected chi connectivity index (χ1v) is 13.8. The predicted molar refractivity (Wildman–Crippen MR) is 141 cm³/mol. The van der Waals surface area contributed by atoms with Gasteiger partial charge in [-0.3, -0.25) is 23.5 Å². The number of rotatable bonds is 9. The van der Waals surface area contributed by atoms with Crippen LogP contribution in [0.3, 0.4) is 0 Å². The molecule has 0 radical (unpaired) electrons. The monoisotopic (exact) mass is 535 g/mol. The lowest BCUT2D eigenvalue weighted by Crippen LogP contribution is -2.52. The third kappa shape index (κ3) is 7.86. The molecule has 0 bridgehead atoms. The van der Waals surface area contributed by atoms with Crippen LogP contribution in [0.25, 0.3) is 0 Å². The number of hydrogen-bond acceptors (Lipinski definition) is 4. The molecule has 3 amide bonds. The maximum absolute atomic E-state index is 13.8. The van der Waals surface area contributed by atoms with E-state index in [0.717, 1.165) is 43.7 Å². The smallest absolute Gasteiger partial charge is 0.243 e. The van der Waals surface area contributed by atoms with E-state index in [1.807, 2.05) is 19.1 Å². The van der Waals surface area contributed by atoms with Crippen molar-refractivity contribution in [2.24, 2.45) is 0 Å². The average Bonchev–Trinajstić information content (AvgIpc) is 2.83. The summed E-state index contributed by atoms with van der Waals surface area (Å²) >= 11 is 5.94. The Hall–Kier alpha value is -2.78. The molecule has 194 valence electrons. The van der Waals surface area contributed by atoms with Gasteiger partial charge in [0.1, 0.15) is 23.4 Å². The first-order chi connectivity index (χ1) is 17.1. The molecule has 36 heavy (non-hydrogen) atoms. The summed E-state index contributed by atoms with van der Waals surface area (Å²) in [5, 5.41) is 5.44. The number of anilines is 2. The fourth-order valence-electron chi connectivity index (χ4n) is 4.14. The standard InChI is InChI=1S/C26H31ClFN3O4S/c1-17-8-10-20(11-9-17)29-24(32)15-36(35)16-25(33)31(21-12-13-23(28)22(27)14-21)18(2)26(34)30-19-6-4-3-5-7-19/h8-14,18-19H,3-7,15-16H2,1-2H3,(H,29,32)(H,30,34). The SMILES string of the molecule is Cc1ccc(NC(=O)CS(=O)CC(=O)N(c2ccc(F)c(Cl)c2)C(C)C(=O)NC2CCCCC2)cc1. The van der Waals surface area contributed by atoms with Crippen LogP contribution in [-0.4, -0.2) is 45.5 Å². The minimum atomic E-state index is -1.84. The lowest BCUT2D eigenvalue weighted by Gasteiger charge is -2.31. The van der Waals surface area contributed by atoms with Crippen LogP contribution in [-0.2, 0) is 25.2 Å². The number of carbonyl (C=O) groups excluding carboxylic acids is 3. The fraction of sp³-hybridized carbons (Fsp3) is 0.423. The fourth-order valence-corrected chi connectivity index (χ4v) is 5.20. The molecule has 1 fully saturated rings. The Kier molecular flexibility index (Phi) is 10.0. The minimum absolute atomic E-state index is 0.0297. The molecule has 0 spiro atoms. The van der Waals surface area contributed by atoms with Crippen LogP contribution in [0.1, 0.15) is 44.6 Å². The lowest BCUT2D eigenvalue weighted by atomic mass is 9.95. The molecule has 1 aliphatic carbocycles. The van der Waals surface area contributed by atoms with Gasteiger partial charge in [-0.25, -0.2) is 4.39 Å². The highest BCUT2D eigenvalue weighted by Gasteiger charge is 2.30. The van der Waals surface area contributed by atoms with Crippen molar-refractivity contribution in [2.75, 3.05) is 21.7 Å².